The van der Waals surface area contributed by atoms with Gasteiger partial charge in [-0.3, -0.25) is 9.78 Å². The Morgan fingerprint density at radius 3 is 2.58 bits per heavy atom. The van der Waals surface area contributed by atoms with E-state index in [0.29, 0.717) is 17.4 Å². The van der Waals surface area contributed by atoms with Crippen LogP contribution >= 0.6 is 0 Å². The molecule has 2 N–H and O–H groups in total. The van der Waals surface area contributed by atoms with Gasteiger partial charge in [0.25, 0.3) is 0 Å². The molecule has 7 nitrogen and oxygen atoms in total. The topological polar surface area (TPSA) is 93.2 Å². The van der Waals surface area contributed by atoms with E-state index >= 15 is 0 Å². The Bertz CT molecular complexity index is 608. The highest BCUT2D eigenvalue weighted by Crippen LogP contribution is 2.22. The lowest BCUT2D eigenvalue weighted by molar-refractivity contribution is -0.134. The maximum atomic E-state index is 12.3. The normalized spacial score (nSPS) is 16.7. The third kappa shape index (κ3) is 6.82. The summed E-state index contributed by atoms with van der Waals surface area (Å²) in [4.78, 5) is 31.7. The van der Waals surface area contributed by atoms with E-state index in [1.54, 1.807) is 6.92 Å². The molecule has 1 saturated carbocycles. The van der Waals surface area contributed by atoms with E-state index in [4.69, 9.17) is 0 Å². The smallest absolute Gasteiger partial charge is 0.330 e. The molecule has 1 aromatic heterocycles. The predicted molar refractivity (Wildman–Crippen MR) is 100 cm³/mol. The van der Waals surface area contributed by atoms with Gasteiger partial charge in [-0.05, 0) is 31.8 Å². The molecule has 1 heterocycles. The van der Waals surface area contributed by atoms with Gasteiger partial charge < -0.3 is 15.4 Å². The van der Waals surface area contributed by atoms with Crippen molar-refractivity contribution in [3.63, 3.8) is 0 Å². The zero-order chi connectivity index (χ0) is 18.8. The maximum absolute atomic E-state index is 12.3. The minimum absolute atomic E-state index is 0.0364. The summed E-state index contributed by atoms with van der Waals surface area (Å²) in [5, 5.41) is 6.08. The molecule has 1 fully saturated rings. The van der Waals surface area contributed by atoms with Crippen LogP contribution in [-0.4, -0.2) is 41.5 Å². The quantitative estimate of drug-likeness (QED) is 0.441. The summed E-state index contributed by atoms with van der Waals surface area (Å²) in [7, 11) is 1.31. The number of nitrogens with one attached hydrogen (secondary N) is 2. The first-order valence-corrected chi connectivity index (χ1v) is 9.21. The maximum Gasteiger partial charge on any atom is 0.330 e. The number of methoxy groups -OCH3 is 1. The van der Waals surface area contributed by atoms with Gasteiger partial charge in [0, 0.05) is 12.6 Å². The van der Waals surface area contributed by atoms with Crippen LogP contribution in [0, 0.1) is 5.92 Å². The van der Waals surface area contributed by atoms with Crippen LogP contribution in [0.15, 0.2) is 18.5 Å². The first-order valence-electron chi connectivity index (χ1n) is 9.21. The molecule has 0 aromatic carbocycles. The van der Waals surface area contributed by atoms with Crippen LogP contribution in [0.25, 0.3) is 6.08 Å². The van der Waals surface area contributed by atoms with E-state index in [1.807, 2.05) is 0 Å². The fourth-order valence-corrected chi connectivity index (χ4v) is 2.97. The van der Waals surface area contributed by atoms with Gasteiger partial charge in [0.2, 0.25) is 5.91 Å². The van der Waals surface area contributed by atoms with E-state index in [-0.39, 0.29) is 5.91 Å². The van der Waals surface area contributed by atoms with Gasteiger partial charge in [0.05, 0.1) is 25.2 Å². The highest BCUT2D eigenvalue weighted by Gasteiger charge is 2.17. The number of amides is 1. The number of carbonyl (C=O) groups excluding carboxylic acids is 2. The predicted octanol–water partition coefficient (Wildman–Crippen LogP) is 2.55. The summed E-state index contributed by atoms with van der Waals surface area (Å²) in [6, 6.07) is -0.397. The standard InChI is InChI=1S/C19H28N4O3/c1-14(19(25)22-11-15-7-5-3-4-6-8-15)23-17-13-20-16(12-21-17)9-10-18(24)26-2/h9-10,12-15H,3-8,11H2,1-2H3,(H,21,23)(H,22,25)/b10-9+/t14-/m1/s1. The van der Waals surface area contributed by atoms with Crippen molar-refractivity contribution in [2.45, 2.75) is 51.5 Å². The molecule has 142 valence electrons. The van der Waals surface area contributed by atoms with Gasteiger partial charge in [-0.25, -0.2) is 9.78 Å². The van der Waals surface area contributed by atoms with E-state index < -0.39 is 12.0 Å². The third-order valence-corrected chi connectivity index (χ3v) is 4.56. The molecule has 1 aromatic rings. The molecule has 0 saturated heterocycles. The zero-order valence-corrected chi connectivity index (χ0v) is 15.5. The molecule has 7 heteroatoms. The minimum atomic E-state index is -0.451. The van der Waals surface area contributed by atoms with Crippen molar-refractivity contribution in [1.82, 2.24) is 15.3 Å². The van der Waals surface area contributed by atoms with Crippen molar-refractivity contribution in [1.29, 1.82) is 0 Å². The number of hydrogen-bond acceptors (Lipinski definition) is 6. The molecule has 1 aliphatic rings. The van der Waals surface area contributed by atoms with Crippen molar-refractivity contribution in [3.05, 3.63) is 24.2 Å². The Kier molecular flexibility index (Phi) is 8.05. The van der Waals surface area contributed by atoms with E-state index in [2.05, 4.69) is 25.3 Å². The second-order valence-electron chi connectivity index (χ2n) is 6.65. The summed E-state index contributed by atoms with van der Waals surface area (Å²) in [6.07, 6.45) is 13.4. The van der Waals surface area contributed by atoms with Crippen LogP contribution in [0.5, 0.6) is 0 Å². The number of aromatic nitrogens is 2. The van der Waals surface area contributed by atoms with Crippen LogP contribution in [0.4, 0.5) is 5.82 Å². The lowest BCUT2D eigenvalue weighted by atomic mass is 10.0. The summed E-state index contributed by atoms with van der Waals surface area (Å²) in [5.41, 5.74) is 0.534. The van der Waals surface area contributed by atoms with Crippen molar-refractivity contribution in [2.24, 2.45) is 5.92 Å². The second-order valence-corrected chi connectivity index (χ2v) is 6.65. The van der Waals surface area contributed by atoms with E-state index in [1.165, 1.54) is 70.2 Å². The molecule has 2 rings (SSSR count). The van der Waals surface area contributed by atoms with Crippen LogP contribution in [-0.2, 0) is 14.3 Å². The highest BCUT2D eigenvalue weighted by molar-refractivity contribution is 5.86. The fraction of sp³-hybridized carbons (Fsp3) is 0.579. The van der Waals surface area contributed by atoms with Gasteiger partial charge in [0.1, 0.15) is 11.9 Å². The largest absolute Gasteiger partial charge is 0.466 e. The number of carbonyl (C=O) groups is 2. The monoisotopic (exact) mass is 360 g/mol. The molecular weight excluding hydrogens is 332 g/mol. The number of anilines is 1. The summed E-state index contributed by atoms with van der Waals surface area (Å²) in [5.74, 6) is 0.616. The van der Waals surface area contributed by atoms with Crippen LogP contribution < -0.4 is 10.6 Å². The lowest BCUT2D eigenvalue weighted by Crippen LogP contribution is -2.40. The van der Waals surface area contributed by atoms with Gasteiger partial charge in [-0.15, -0.1) is 0 Å². The van der Waals surface area contributed by atoms with E-state index in [9.17, 15) is 9.59 Å². The average molecular weight is 360 g/mol. The van der Waals surface area contributed by atoms with Crippen molar-refractivity contribution in [2.75, 3.05) is 19.0 Å². The minimum Gasteiger partial charge on any atom is -0.466 e. The van der Waals surface area contributed by atoms with Crippen LogP contribution in [0.2, 0.25) is 0 Å². The number of nitrogens with zero attached hydrogens (tertiary/aromatic N) is 2. The fourth-order valence-electron chi connectivity index (χ4n) is 2.97. The highest BCUT2D eigenvalue weighted by atomic mass is 16.5. The van der Waals surface area contributed by atoms with Crippen molar-refractivity contribution >= 4 is 23.8 Å². The molecule has 1 atom stereocenters. The first-order chi connectivity index (χ1) is 12.6. The molecule has 0 radical (unpaired) electrons. The van der Waals surface area contributed by atoms with Gasteiger partial charge in [-0.2, -0.15) is 0 Å². The summed E-state index contributed by atoms with van der Waals surface area (Å²) >= 11 is 0. The summed E-state index contributed by atoms with van der Waals surface area (Å²) in [6.45, 7) is 2.54. The number of esters is 1. The van der Waals surface area contributed by atoms with Gasteiger partial charge >= 0.3 is 5.97 Å². The molecule has 0 aliphatic heterocycles. The number of rotatable bonds is 7. The van der Waals surface area contributed by atoms with Gasteiger partial charge in [-0.1, -0.05) is 25.7 Å². The lowest BCUT2D eigenvalue weighted by Gasteiger charge is -2.18. The zero-order valence-electron chi connectivity index (χ0n) is 15.5. The Hall–Kier alpha value is -2.44. The molecule has 1 amide bonds. The first kappa shape index (κ1) is 19.9. The Morgan fingerprint density at radius 2 is 1.96 bits per heavy atom. The number of ether oxygens (including phenoxy) is 1. The summed E-state index contributed by atoms with van der Waals surface area (Å²) < 4.78 is 4.52. The molecule has 0 spiro atoms. The Morgan fingerprint density at radius 1 is 1.23 bits per heavy atom. The SMILES string of the molecule is COC(=O)/C=C/c1cnc(N[C@H](C)C(=O)NCC2CCCCCC2)cn1. The Balaban J connectivity index is 1.78. The molecule has 26 heavy (non-hydrogen) atoms. The van der Waals surface area contributed by atoms with Crippen LogP contribution in [0.1, 0.15) is 51.1 Å². The average Bonchev–Trinajstić information content (AvgIpc) is 2.94. The van der Waals surface area contributed by atoms with Crippen molar-refractivity contribution in [3.8, 4) is 0 Å². The molecular formula is C19H28N4O3. The van der Waals surface area contributed by atoms with Crippen LogP contribution in [0.3, 0.4) is 0 Å². The second kappa shape index (κ2) is 10.5. The molecule has 0 unspecified atom stereocenters. The van der Waals surface area contributed by atoms with Crippen molar-refractivity contribution < 1.29 is 14.3 Å². The third-order valence-electron chi connectivity index (χ3n) is 4.56. The van der Waals surface area contributed by atoms with E-state index in [0.717, 1.165) is 6.54 Å². The molecule has 0 bridgehead atoms. The van der Waals surface area contributed by atoms with Gasteiger partial charge in [0.15, 0.2) is 0 Å². The molecule has 1 aliphatic carbocycles. The Labute approximate surface area is 154 Å². The number of hydrogen-bond donors (Lipinski definition) is 2.